The van der Waals surface area contributed by atoms with Crippen molar-refractivity contribution in [1.29, 1.82) is 0 Å². The quantitative estimate of drug-likeness (QED) is 0.676. The SMILES string of the molecule is CC1CC(=O)C2(CCN(C(=O)OC(C)(C)C)CC2)O1. The number of hydrogen-bond donors (Lipinski definition) is 0. The second-order valence-corrected chi connectivity index (χ2v) is 6.52. The Balaban J connectivity index is 1.93. The highest BCUT2D eigenvalue weighted by molar-refractivity contribution is 5.89. The lowest BCUT2D eigenvalue weighted by molar-refractivity contribution is -0.139. The third-order valence-corrected chi connectivity index (χ3v) is 3.63. The molecule has 0 N–H and O–H groups in total. The summed E-state index contributed by atoms with van der Waals surface area (Å²) in [7, 11) is 0. The molecule has 108 valence electrons. The molecule has 2 saturated heterocycles. The number of carbonyl (C=O) groups is 2. The van der Waals surface area contributed by atoms with Crippen LogP contribution in [0, 0.1) is 0 Å². The van der Waals surface area contributed by atoms with Crippen molar-refractivity contribution < 1.29 is 19.1 Å². The molecule has 0 bridgehead atoms. The predicted octanol–water partition coefficient (Wildman–Crippen LogP) is 2.13. The van der Waals surface area contributed by atoms with Crippen molar-refractivity contribution in [2.45, 2.75) is 64.3 Å². The van der Waals surface area contributed by atoms with E-state index < -0.39 is 11.2 Å². The Morgan fingerprint density at radius 2 is 1.95 bits per heavy atom. The number of ether oxygens (including phenoxy) is 2. The smallest absolute Gasteiger partial charge is 0.410 e. The molecule has 1 amide bonds. The van der Waals surface area contributed by atoms with Crippen LogP contribution in [0.4, 0.5) is 4.79 Å². The highest BCUT2D eigenvalue weighted by atomic mass is 16.6. The molecule has 0 aromatic carbocycles. The second-order valence-electron chi connectivity index (χ2n) is 6.52. The second kappa shape index (κ2) is 4.78. The zero-order valence-electron chi connectivity index (χ0n) is 12.2. The molecule has 2 aliphatic rings. The molecular formula is C14H23NO4. The first kappa shape index (κ1) is 14.3. The Bertz CT molecular complexity index is 377. The summed E-state index contributed by atoms with van der Waals surface area (Å²) in [5.41, 5.74) is -1.13. The maximum Gasteiger partial charge on any atom is 0.410 e. The van der Waals surface area contributed by atoms with Gasteiger partial charge in [0.25, 0.3) is 0 Å². The van der Waals surface area contributed by atoms with E-state index in [2.05, 4.69) is 0 Å². The van der Waals surface area contributed by atoms with E-state index in [0.29, 0.717) is 32.4 Å². The normalized spacial score (nSPS) is 26.8. The van der Waals surface area contributed by atoms with Crippen molar-refractivity contribution >= 4 is 11.9 Å². The molecule has 5 nitrogen and oxygen atoms in total. The number of likely N-dealkylation sites (tertiary alicyclic amines) is 1. The summed E-state index contributed by atoms with van der Waals surface area (Å²) in [5.74, 6) is 0.184. The fourth-order valence-corrected chi connectivity index (χ4v) is 2.71. The van der Waals surface area contributed by atoms with Crippen molar-refractivity contribution in [3.8, 4) is 0 Å². The Morgan fingerprint density at radius 3 is 2.37 bits per heavy atom. The maximum atomic E-state index is 12.0. The largest absolute Gasteiger partial charge is 0.444 e. The van der Waals surface area contributed by atoms with Crippen LogP contribution in [0.15, 0.2) is 0 Å². The molecular weight excluding hydrogens is 246 g/mol. The number of hydrogen-bond acceptors (Lipinski definition) is 4. The zero-order valence-corrected chi connectivity index (χ0v) is 12.2. The average molecular weight is 269 g/mol. The van der Waals surface area contributed by atoms with Gasteiger partial charge in [-0.2, -0.15) is 0 Å². The van der Waals surface area contributed by atoms with E-state index in [1.54, 1.807) is 4.90 Å². The molecule has 2 aliphatic heterocycles. The minimum absolute atomic E-state index is 0.000534. The van der Waals surface area contributed by atoms with Crippen molar-refractivity contribution in [1.82, 2.24) is 4.90 Å². The van der Waals surface area contributed by atoms with E-state index in [1.807, 2.05) is 27.7 Å². The number of rotatable bonds is 0. The van der Waals surface area contributed by atoms with E-state index >= 15 is 0 Å². The van der Waals surface area contributed by atoms with Gasteiger partial charge < -0.3 is 14.4 Å². The minimum atomic E-state index is -0.641. The highest BCUT2D eigenvalue weighted by Crippen LogP contribution is 2.36. The van der Waals surface area contributed by atoms with Crippen LogP contribution in [0.25, 0.3) is 0 Å². The number of Topliss-reactive ketones (excluding diaryl/α,β-unsaturated/α-hetero) is 1. The fourth-order valence-electron chi connectivity index (χ4n) is 2.71. The van der Waals surface area contributed by atoms with Crippen LogP contribution in [0.1, 0.15) is 47.0 Å². The third-order valence-electron chi connectivity index (χ3n) is 3.63. The summed E-state index contributed by atoms with van der Waals surface area (Å²) in [5, 5.41) is 0. The summed E-state index contributed by atoms with van der Waals surface area (Å²) < 4.78 is 11.1. The fraction of sp³-hybridized carbons (Fsp3) is 0.857. The molecule has 1 unspecified atom stereocenters. The molecule has 2 heterocycles. The molecule has 0 aromatic heterocycles. The average Bonchev–Trinajstić information content (AvgIpc) is 2.52. The first-order valence-electron chi connectivity index (χ1n) is 6.91. The zero-order chi connectivity index (χ0) is 14.3. The minimum Gasteiger partial charge on any atom is -0.444 e. The van der Waals surface area contributed by atoms with Crippen LogP contribution in [-0.2, 0) is 14.3 Å². The molecule has 1 atom stereocenters. The summed E-state index contributed by atoms with van der Waals surface area (Å²) >= 11 is 0. The molecule has 2 rings (SSSR count). The van der Waals surface area contributed by atoms with Crippen molar-refractivity contribution in [3.05, 3.63) is 0 Å². The standard InChI is InChI=1S/C14H23NO4/c1-10-9-11(16)14(18-10)5-7-15(8-6-14)12(17)19-13(2,3)4/h10H,5-9H2,1-4H3. The number of piperidine rings is 1. The van der Waals surface area contributed by atoms with Crippen LogP contribution in [-0.4, -0.2) is 47.2 Å². The molecule has 0 saturated carbocycles. The summed E-state index contributed by atoms with van der Waals surface area (Å²) in [4.78, 5) is 25.6. The van der Waals surface area contributed by atoms with Gasteiger partial charge in [-0.25, -0.2) is 4.79 Å². The number of ketones is 1. The lowest BCUT2D eigenvalue weighted by Gasteiger charge is -2.38. The van der Waals surface area contributed by atoms with Crippen molar-refractivity contribution in [3.63, 3.8) is 0 Å². The number of nitrogens with zero attached hydrogens (tertiary/aromatic N) is 1. The third kappa shape index (κ3) is 3.08. The summed E-state index contributed by atoms with van der Waals surface area (Å²) in [6.07, 6.45) is 1.35. The monoisotopic (exact) mass is 269 g/mol. The molecule has 1 spiro atoms. The lowest BCUT2D eigenvalue weighted by Crippen LogP contribution is -2.50. The van der Waals surface area contributed by atoms with Gasteiger partial charge >= 0.3 is 6.09 Å². The summed E-state index contributed by atoms with van der Waals surface area (Å²) in [6, 6.07) is 0. The van der Waals surface area contributed by atoms with Crippen LogP contribution >= 0.6 is 0 Å². The van der Waals surface area contributed by atoms with E-state index in [1.165, 1.54) is 0 Å². The lowest BCUT2D eigenvalue weighted by atomic mass is 9.87. The van der Waals surface area contributed by atoms with Crippen LogP contribution < -0.4 is 0 Å². The van der Waals surface area contributed by atoms with Gasteiger partial charge in [-0.15, -0.1) is 0 Å². The van der Waals surface area contributed by atoms with Crippen LogP contribution in [0.3, 0.4) is 0 Å². The molecule has 0 aromatic rings. The number of amides is 1. The van der Waals surface area contributed by atoms with Crippen molar-refractivity contribution in [2.24, 2.45) is 0 Å². The Labute approximate surface area is 114 Å². The van der Waals surface area contributed by atoms with Gasteiger partial charge in [0.15, 0.2) is 5.78 Å². The van der Waals surface area contributed by atoms with E-state index in [-0.39, 0.29) is 18.0 Å². The van der Waals surface area contributed by atoms with Crippen molar-refractivity contribution in [2.75, 3.05) is 13.1 Å². The first-order valence-corrected chi connectivity index (χ1v) is 6.91. The molecule has 19 heavy (non-hydrogen) atoms. The topological polar surface area (TPSA) is 55.8 Å². The molecule has 5 heteroatoms. The van der Waals surface area contributed by atoms with Gasteiger partial charge in [-0.1, -0.05) is 0 Å². The van der Waals surface area contributed by atoms with E-state index in [9.17, 15) is 9.59 Å². The molecule has 0 radical (unpaired) electrons. The Hall–Kier alpha value is -1.10. The van der Waals surface area contributed by atoms with Gasteiger partial charge in [0.1, 0.15) is 11.2 Å². The van der Waals surface area contributed by atoms with Gasteiger partial charge in [0.2, 0.25) is 0 Å². The van der Waals surface area contributed by atoms with Gasteiger partial charge in [-0.3, -0.25) is 4.79 Å². The number of carbonyl (C=O) groups excluding carboxylic acids is 2. The summed E-state index contributed by atoms with van der Waals surface area (Å²) in [6.45, 7) is 8.51. The Morgan fingerprint density at radius 1 is 1.37 bits per heavy atom. The van der Waals surface area contributed by atoms with Crippen LogP contribution in [0.5, 0.6) is 0 Å². The highest BCUT2D eigenvalue weighted by Gasteiger charge is 2.49. The maximum absolute atomic E-state index is 12.0. The van der Waals surface area contributed by atoms with E-state index in [0.717, 1.165) is 0 Å². The van der Waals surface area contributed by atoms with Gasteiger partial charge in [0, 0.05) is 32.4 Å². The predicted molar refractivity (Wildman–Crippen MR) is 69.9 cm³/mol. The van der Waals surface area contributed by atoms with Gasteiger partial charge in [-0.05, 0) is 27.7 Å². The Kier molecular flexibility index (Phi) is 3.60. The van der Waals surface area contributed by atoms with Crippen LogP contribution in [0.2, 0.25) is 0 Å². The van der Waals surface area contributed by atoms with Gasteiger partial charge in [0.05, 0.1) is 6.10 Å². The molecule has 2 fully saturated rings. The van der Waals surface area contributed by atoms with E-state index in [4.69, 9.17) is 9.47 Å². The molecule has 0 aliphatic carbocycles. The first-order chi connectivity index (χ1) is 8.72.